The van der Waals surface area contributed by atoms with Crippen molar-refractivity contribution in [2.24, 2.45) is 5.92 Å². The van der Waals surface area contributed by atoms with Crippen molar-refractivity contribution in [3.8, 4) is 0 Å². The fourth-order valence-corrected chi connectivity index (χ4v) is 4.19. The smallest absolute Gasteiger partial charge is 0.306 e. The molecule has 2 N–H and O–H groups in total. The first-order valence-electron chi connectivity index (χ1n) is 8.37. The molecule has 1 aliphatic heterocycles. The Morgan fingerprint density at radius 1 is 1.17 bits per heavy atom. The molecule has 1 aromatic carbocycles. The Morgan fingerprint density at radius 2 is 1.88 bits per heavy atom. The van der Waals surface area contributed by atoms with Crippen LogP contribution in [0.25, 0.3) is 0 Å². The largest absolute Gasteiger partial charge is 0.481 e. The van der Waals surface area contributed by atoms with E-state index in [0.717, 1.165) is 24.4 Å². The lowest BCUT2D eigenvalue weighted by atomic mass is 9.97. The third-order valence-electron chi connectivity index (χ3n) is 4.60. The van der Waals surface area contributed by atoms with Crippen LogP contribution in [0.5, 0.6) is 0 Å². The SMILES string of the molecule is O=C(O)C1CCN(CC(O)c2ccc(Cc3ccccc3)s2)CC1. The van der Waals surface area contributed by atoms with E-state index >= 15 is 0 Å². The standard InChI is InChI=1S/C19H23NO3S/c21-17(13-20-10-8-15(9-11-20)19(22)23)18-7-6-16(24-18)12-14-4-2-1-3-5-14/h1-7,15,17,21H,8-13H2,(H,22,23). The second-order valence-corrected chi connectivity index (χ2v) is 7.60. The number of rotatable bonds is 6. The van der Waals surface area contributed by atoms with E-state index in [-0.39, 0.29) is 5.92 Å². The molecule has 2 aromatic rings. The van der Waals surface area contributed by atoms with Crippen LogP contribution in [0.3, 0.4) is 0 Å². The summed E-state index contributed by atoms with van der Waals surface area (Å²) in [5.74, 6) is -0.920. The lowest BCUT2D eigenvalue weighted by molar-refractivity contribution is -0.143. The maximum Gasteiger partial charge on any atom is 0.306 e. The van der Waals surface area contributed by atoms with Gasteiger partial charge in [-0.15, -0.1) is 11.3 Å². The number of thiophene rings is 1. The highest BCUT2D eigenvalue weighted by Crippen LogP contribution is 2.27. The van der Waals surface area contributed by atoms with E-state index in [1.807, 2.05) is 24.3 Å². The summed E-state index contributed by atoms with van der Waals surface area (Å²) in [6.45, 7) is 2.07. The molecule has 5 heteroatoms. The maximum atomic E-state index is 11.0. The molecule has 0 spiro atoms. The van der Waals surface area contributed by atoms with Gasteiger partial charge < -0.3 is 15.1 Å². The highest BCUT2D eigenvalue weighted by Gasteiger charge is 2.26. The third-order valence-corrected chi connectivity index (χ3v) is 5.79. The van der Waals surface area contributed by atoms with Gasteiger partial charge in [-0.1, -0.05) is 30.3 Å². The average molecular weight is 345 g/mol. The Morgan fingerprint density at radius 3 is 2.54 bits per heavy atom. The molecule has 0 aliphatic carbocycles. The highest BCUT2D eigenvalue weighted by atomic mass is 32.1. The number of hydrogen-bond donors (Lipinski definition) is 2. The predicted molar refractivity (Wildman–Crippen MR) is 95.3 cm³/mol. The van der Waals surface area contributed by atoms with Crippen LogP contribution in [0.4, 0.5) is 0 Å². The van der Waals surface area contributed by atoms with Crippen LogP contribution in [0.15, 0.2) is 42.5 Å². The molecule has 0 amide bonds. The normalized spacial score (nSPS) is 17.7. The van der Waals surface area contributed by atoms with Crippen molar-refractivity contribution in [1.29, 1.82) is 0 Å². The van der Waals surface area contributed by atoms with Crippen molar-refractivity contribution in [3.63, 3.8) is 0 Å². The summed E-state index contributed by atoms with van der Waals surface area (Å²) >= 11 is 1.66. The zero-order chi connectivity index (χ0) is 16.9. The Balaban J connectivity index is 1.53. The topological polar surface area (TPSA) is 60.8 Å². The van der Waals surface area contributed by atoms with E-state index in [9.17, 15) is 9.90 Å². The number of benzene rings is 1. The number of aliphatic hydroxyl groups excluding tert-OH is 1. The van der Waals surface area contributed by atoms with Crippen LogP contribution in [0.2, 0.25) is 0 Å². The van der Waals surface area contributed by atoms with Crippen LogP contribution >= 0.6 is 11.3 Å². The molecule has 4 nitrogen and oxygen atoms in total. The molecule has 0 bridgehead atoms. The number of carboxylic acids is 1. The van der Waals surface area contributed by atoms with Crippen molar-refractivity contribution < 1.29 is 15.0 Å². The number of β-amino-alcohol motifs (C(OH)–C–C–N with tert-alkyl or cyclic N) is 1. The first kappa shape index (κ1) is 17.1. The minimum atomic E-state index is -0.695. The second kappa shape index (κ2) is 7.92. The Labute approximate surface area is 146 Å². The van der Waals surface area contributed by atoms with Crippen molar-refractivity contribution in [1.82, 2.24) is 4.90 Å². The number of piperidine rings is 1. The highest BCUT2D eigenvalue weighted by molar-refractivity contribution is 7.12. The van der Waals surface area contributed by atoms with Gasteiger partial charge in [0, 0.05) is 22.7 Å². The average Bonchev–Trinajstić information content (AvgIpc) is 3.05. The van der Waals surface area contributed by atoms with Crippen molar-refractivity contribution in [3.05, 3.63) is 57.8 Å². The molecule has 1 aromatic heterocycles. The minimum absolute atomic E-state index is 0.224. The van der Waals surface area contributed by atoms with Crippen LogP contribution in [0.1, 0.15) is 34.3 Å². The summed E-state index contributed by atoms with van der Waals surface area (Å²) in [6.07, 6.45) is 1.74. The molecule has 1 unspecified atom stereocenters. The van der Waals surface area contributed by atoms with Gasteiger partial charge >= 0.3 is 5.97 Å². The molecule has 1 fully saturated rings. The number of hydrogen-bond acceptors (Lipinski definition) is 4. The molecule has 1 aliphatic rings. The zero-order valence-electron chi connectivity index (χ0n) is 13.6. The molecule has 1 saturated heterocycles. The number of likely N-dealkylation sites (tertiary alicyclic amines) is 1. The number of carboxylic acid groups (broad SMARTS) is 1. The van der Waals surface area contributed by atoms with Gasteiger partial charge in [0.1, 0.15) is 6.10 Å². The summed E-state index contributed by atoms with van der Waals surface area (Å²) in [6, 6.07) is 14.4. The van der Waals surface area contributed by atoms with Gasteiger partial charge in [0.25, 0.3) is 0 Å². The fraction of sp³-hybridized carbons (Fsp3) is 0.421. The lowest BCUT2D eigenvalue weighted by Crippen LogP contribution is -2.38. The second-order valence-electron chi connectivity index (χ2n) is 6.40. The van der Waals surface area contributed by atoms with E-state index in [1.54, 1.807) is 11.3 Å². The molecule has 0 radical (unpaired) electrons. The van der Waals surface area contributed by atoms with E-state index in [0.29, 0.717) is 19.4 Å². The monoisotopic (exact) mass is 345 g/mol. The molecule has 128 valence electrons. The Kier molecular flexibility index (Phi) is 5.66. The van der Waals surface area contributed by atoms with Gasteiger partial charge in [0.15, 0.2) is 0 Å². The van der Waals surface area contributed by atoms with E-state index in [1.165, 1.54) is 10.4 Å². The van der Waals surface area contributed by atoms with Gasteiger partial charge in [0.2, 0.25) is 0 Å². The van der Waals surface area contributed by atoms with Gasteiger partial charge in [-0.25, -0.2) is 0 Å². The van der Waals surface area contributed by atoms with Gasteiger partial charge in [-0.2, -0.15) is 0 Å². The molecular formula is C19H23NO3S. The molecule has 0 saturated carbocycles. The first-order valence-corrected chi connectivity index (χ1v) is 9.19. The lowest BCUT2D eigenvalue weighted by Gasteiger charge is -2.31. The van der Waals surface area contributed by atoms with Gasteiger partial charge in [0.05, 0.1) is 5.92 Å². The summed E-state index contributed by atoms with van der Waals surface area (Å²) in [7, 11) is 0. The summed E-state index contributed by atoms with van der Waals surface area (Å²) in [5.41, 5.74) is 1.27. The van der Waals surface area contributed by atoms with E-state index in [2.05, 4.69) is 23.1 Å². The van der Waals surface area contributed by atoms with Crippen molar-refractivity contribution in [2.75, 3.05) is 19.6 Å². The van der Waals surface area contributed by atoms with Crippen LogP contribution in [-0.2, 0) is 11.2 Å². The number of aliphatic hydroxyl groups is 1. The van der Waals surface area contributed by atoms with Crippen LogP contribution in [0, 0.1) is 5.92 Å². The van der Waals surface area contributed by atoms with Gasteiger partial charge in [-0.3, -0.25) is 4.79 Å². The third kappa shape index (κ3) is 4.44. The van der Waals surface area contributed by atoms with E-state index < -0.39 is 12.1 Å². The molecule has 24 heavy (non-hydrogen) atoms. The number of aliphatic carboxylic acids is 1. The molecule has 1 atom stereocenters. The van der Waals surface area contributed by atoms with Crippen LogP contribution < -0.4 is 0 Å². The number of carbonyl (C=O) groups is 1. The summed E-state index contributed by atoms with van der Waals surface area (Å²) < 4.78 is 0. The fourth-order valence-electron chi connectivity index (χ4n) is 3.16. The van der Waals surface area contributed by atoms with Crippen molar-refractivity contribution in [2.45, 2.75) is 25.4 Å². The molecular weight excluding hydrogens is 322 g/mol. The Hall–Kier alpha value is -1.69. The first-order chi connectivity index (χ1) is 11.6. The predicted octanol–water partition coefficient (Wildman–Crippen LogP) is 3.17. The summed E-state index contributed by atoms with van der Waals surface area (Å²) in [4.78, 5) is 15.4. The number of nitrogens with zero attached hydrogens (tertiary/aromatic N) is 1. The minimum Gasteiger partial charge on any atom is -0.481 e. The molecule has 3 rings (SSSR count). The quantitative estimate of drug-likeness (QED) is 0.844. The van der Waals surface area contributed by atoms with E-state index in [4.69, 9.17) is 5.11 Å². The van der Waals surface area contributed by atoms with Crippen molar-refractivity contribution >= 4 is 17.3 Å². The molecule has 2 heterocycles. The van der Waals surface area contributed by atoms with Crippen LogP contribution in [-0.4, -0.2) is 40.7 Å². The Bertz CT molecular complexity index is 662. The maximum absolute atomic E-state index is 11.0. The van der Waals surface area contributed by atoms with Gasteiger partial charge in [-0.05, 0) is 43.6 Å². The zero-order valence-corrected chi connectivity index (χ0v) is 14.4. The summed E-state index contributed by atoms with van der Waals surface area (Å²) in [5, 5.41) is 19.5.